The van der Waals surface area contributed by atoms with Crippen LogP contribution in [0.5, 0.6) is 0 Å². The Morgan fingerprint density at radius 1 is 1.04 bits per heavy atom. The summed E-state index contributed by atoms with van der Waals surface area (Å²) in [5, 5.41) is 3.13. The van der Waals surface area contributed by atoms with E-state index in [0.717, 1.165) is 31.5 Å². The summed E-state index contributed by atoms with van der Waals surface area (Å²) < 4.78 is 5.56. The summed E-state index contributed by atoms with van der Waals surface area (Å²) in [5.74, 6) is 0.0719. The molecular weight excluding hydrogens is 352 g/mol. The maximum atomic E-state index is 12.7. The number of carbonyl (C=O) groups is 2. The minimum absolute atomic E-state index is 0.0823. The monoisotopic (exact) mass is 378 g/mol. The first-order valence-electron chi connectivity index (χ1n) is 10.00. The first-order valence-corrected chi connectivity index (χ1v) is 10.00. The highest BCUT2D eigenvalue weighted by atomic mass is 16.5. The molecule has 4 rings (SSSR count). The van der Waals surface area contributed by atoms with Crippen LogP contribution in [0.3, 0.4) is 0 Å². The first-order chi connectivity index (χ1) is 13.7. The molecule has 1 N–H and O–H groups in total. The molecule has 2 aromatic rings. The second kappa shape index (κ2) is 8.15. The second-order valence-corrected chi connectivity index (χ2v) is 7.64. The first kappa shape index (κ1) is 18.7. The Bertz CT molecular complexity index is 827. The molecule has 0 saturated carbocycles. The van der Waals surface area contributed by atoms with Crippen molar-refractivity contribution in [1.82, 2.24) is 5.32 Å². The number of hydrogen-bond acceptors (Lipinski definition) is 3. The summed E-state index contributed by atoms with van der Waals surface area (Å²) in [7, 11) is 0. The second-order valence-electron chi connectivity index (χ2n) is 7.64. The van der Waals surface area contributed by atoms with Crippen LogP contribution in [0, 0.1) is 0 Å². The zero-order valence-corrected chi connectivity index (χ0v) is 16.0. The Hall–Kier alpha value is -2.66. The van der Waals surface area contributed by atoms with E-state index >= 15 is 0 Å². The fourth-order valence-corrected chi connectivity index (χ4v) is 4.19. The minimum atomic E-state index is -0.0862. The van der Waals surface area contributed by atoms with Crippen LogP contribution in [-0.4, -0.2) is 38.1 Å². The van der Waals surface area contributed by atoms with Gasteiger partial charge in [0.25, 0.3) is 5.91 Å². The van der Waals surface area contributed by atoms with Gasteiger partial charge < -0.3 is 15.0 Å². The lowest BCUT2D eigenvalue weighted by Gasteiger charge is -2.38. The van der Waals surface area contributed by atoms with E-state index in [1.165, 1.54) is 5.56 Å². The number of rotatable bonds is 5. The van der Waals surface area contributed by atoms with Gasteiger partial charge in [0.2, 0.25) is 5.91 Å². The van der Waals surface area contributed by atoms with Gasteiger partial charge in [-0.15, -0.1) is 0 Å². The van der Waals surface area contributed by atoms with Gasteiger partial charge in [0.1, 0.15) is 0 Å². The molecule has 0 bridgehead atoms. The maximum Gasteiger partial charge on any atom is 0.251 e. The van der Waals surface area contributed by atoms with E-state index in [-0.39, 0.29) is 17.2 Å². The van der Waals surface area contributed by atoms with Crippen molar-refractivity contribution in [3.8, 4) is 0 Å². The van der Waals surface area contributed by atoms with Crippen molar-refractivity contribution in [2.75, 3.05) is 31.2 Å². The topological polar surface area (TPSA) is 58.6 Å². The van der Waals surface area contributed by atoms with E-state index < -0.39 is 0 Å². The van der Waals surface area contributed by atoms with Gasteiger partial charge in [0, 0.05) is 49.4 Å². The van der Waals surface area contributed by atoms with Crippen LogP contribution in [-0.2, 0) is 14.9 Å². The van der Waals surface area contributed by atoms with Crippen LogP contribution < -0.4 is 10.2 Å². The van der Waals surface area contributed by atoms with Crippen molar-refractivity contribution in [1.29, 1.82) is 0 Å². The third-order valence-corrected chi connectivity index (χ3v) is 5.94. The molecule has 0 spiro atoms. The highest BCUT2D eigenvalue weighted by Crippen LogP contribution is 2.34. The quantitative estimate of drug-likeness (QED) is 0.869. The zero-order valence-electron chi connectivity index (χ0n) is 16.0. The summed E-state index contributed by atoms with van der Waals surface area (Å²) in [4.78, 5) is 26.4. The largest absolute Gasteiger partial charge is 0.381 e. The van der Waals surface area contributed by atoms with Crippen LogP contribution in [0.2, 0.25) is 0 Å². The standard InChI is InChI=1S/C23H26N2O3/c26-21-7-4-14-25(21)20-10-8-18(9-11-20)22(27)24-17-23(12-15-28-16-13-23)19-5-2-1-3-6-19/h1-3,5-6,8-11H,4,7,12-17H2,(H,24,27). The number of hydrogen-bond donors (Lipinski definition) is 1. The van der Waals surface area contributed by atoms with Crippen molar-refractivity contribution in [3.05, 3.63) is 65.7 Å². The molecule has 2 amide bonds. The van der Waals surface area contributed by atoms with Gasteiger partial charge in [-0.3, -0.25) is 9.59 Å². The number of amides is 2. The summed E-state index contributed by atoms with van der Waals surface area (Å²) in [5.41, 5.74) is 2.65. The molecule has 28 heavy (non-hydrogen) atoms. The molecule has 2 saturated heterocycles. The summed E-state index contributed by atoms with van der Waals surface area (Å²) in [6.07, 6.45) is 3.29. The minimum Gasteiger partial charge on any atom is -0.381 e. The van der Waals surface area contributed by atoms with Crippen molar-refractivity contribution in [2.45, 2.75) is 31.1 Å². The molecule has 2 aromatic carbocycles. The smallest absolute Gasteiger partial charge is 0.251 e. The van der Waals surface area contributed by atoms with Gasteiger partial charge in [-0.2, -0.15) is 0 Å². The maximum absolute atomic E-state index is 12.7. The van der Waals surface area contributed by atoms with E-state index in [1.54, 1.807) is 17.0 Å². The third kappa shape index (κ3) is 3.80. The Balaban J connectivity index is 1.44. The molecule has 0 atom stereocenters. The number of nitrogens with one attached hydrogen (secondary N) is 1. The fraction of sp³-hybridized carbons (Fsp3) is 0.391. The van der Waals surface area contributed by atoms with Gasteiger partial charge in [0.15, 0.2) is 0 Å². The molecule has 2 aliphatic rings. The summed E-state index contributed by atoms with van der Waals surface area (Å²) in [6.45, 7) is 2.77. The third-order valence-electron chi connectivity index (χ3n) is 5.94. The number of carbonyl (C=O) groups excluding carboxylic acids is 2. The van der Waals surface area contributed by atoms with E-state index in [4.69, 9.17) is 4.74 Å². The lowest BCUT2D eigenvalue weighted by Crippen LogP contribution is -2.44. The van der Waals surface area contributed by atoms with Crippen molar-refractivity contribution in [3.63, 3.8) is 0 Å². The van der Waals surface area contributed by atoms with Gasteiger partial charge in [0.05, 0.1) is 0 Å². The normalized spacial score (nSPS) is 18.9. The zero-order chi connectivity index (χ0) is 19.4. The molecule has 0 aromatic heterocycles. The molecular formula is C23H26N2O3. The predicted octanol–water partition coefficient (Wildman–Crippen LogP) is 3.29. The van der Waals surface area contributed by atoms with Crippen LogP contribution in [0.4, 0.5) is 5.69 Å². The highest BCUT2D eigenvalue weighted by molar-refractivity contribution is 5.97. The molecule has 2 aliphatic heterocycles. The fourth-order valence-electron chi connectivity index (χ4n) is 4.19. The molecule has 0 unspecified atom stereocenters. The number of nitrogens with zero attached hydrogens (tertiary/aromatic N) is 1. The van der Waals surface area contributed by atoms with Gasteiger partial charge in [-0.05, 0) is 49.1 Å². The predicted molar refractivity (Wildman–Crippen MR) is 109 cm³/mol. The summed E-state index contributed by atoms with van der Waals surface area (Å²) >= 11 is 0. The molecule has 2 heterocycles. The van der Waals surface area contributed by atoms with Crippen LogP contribution in [0.15, 0.2) is 54.6 Å². The van der Waals surface area contributed by atoms with E-state index in [0.29, 0.717) is 31.7 Å². The Kier molecular flexibility index (Phi) is 5.44. The van der Waals surface area contributed by atoms with Crippen molar-refractivity contribution < 1.29 is 14.3 Å². The highest BCUT2D eigenvalue weighted by Gasteiger charge is 2.34. The van der Waals surface area contributed by atoms with E-state index in [1.807, 2.05) is 30.3 Å². The van der Waals surface area contributed by atoms with Crippen molar-refractivity contribution in [2.24, 2.45) is 0 Å². The average Bonchev–Trinajstić information content (AvgIpc) is 3.19. The molecule has 0 aliphatic carbocycles. The number of benzene rings is 2. The van der Waals surface area contributed by atoms with Crippen LogP contribution in [0.25, 0.3) is 0 Å². The average molecular weight is 378 g/mol. The number of ether oxygens (including phenoxy) is 1. The van der Waals surface area contributed by atoms with Gasteiger partial charge in [-0.25, -0.2) is 0 Å². The Labute approximate surface area is 165 Å². The summed E-state index contributed by atoms with van der Waals surface area (Å²) in [6, 6.07) is 17.7. The van der Waals surface area contributed by atoms with Gasteiger partial charge >= 0.3 is 0 Å². The molecule has 146 valence electrons. The lowest BCUT2D eigenvalue weighted by atomic mass is 9.74. The van der Waals surface area contributed by atoms with Crippen molar-refractivity contribution >= 4 is 17.5 Å². The van der Waals surface area contributed by atoms with E-state index in [9.17, 15) is 9.59 Å². The molecule has 5 heteroatoms. The Morgan fingerprint density at radius 2 is 1.75 bits per heavy atom. The van der Waals surface area contributed by atoms with Crippen LogP contribution >= 0.6 is 0 Å². The SMILES string of the molecule is O=C(NCC1(c2ccccc2)CCOCC1)c1ccc(N2CCCC2=O)cc1. The Morgan fingerprint density at radius 3 is 2.39 bits per heavy atom. The lowest BCUT2D eigenvalue weighted by molar-refractivity contribution is -0.117. The molecule has 5 nitrogen and oxygen atoms in total. The number of anilines is 1. The molecule has 2 fully saturated rings. The van der Waals surface area contributed by atoms with E-state index in [2.05, 4.69) is 17.4 Å². The van der Waals surface area contributed by atoms with Crippen LogP contribution in [0.1, 0.15) is 41.6 Å². The van der Waals surface area contributed by atoms with Gasteiger partial charge in [-0.1, -0.05) is 30.3 Å². The molecule has 0 radical (unpaired) electrons.